The van der Waals surface area contributed by atoms with Crippen molar-refractivity contribution in [3.63, 3.8) is 0 Å². The van der Waals surface area contributed by atoms with Crippen molar-refractivity contribution in [2.45, 2.75) is 51.8 Å². The van der Waals surface area contributed by atoms with Crippen molar-refractivity contribution in [3.05, 3.63) is 41.0 Å². The number of aryl methyl sites for hydroxylation is 1. The molecule has 0 spiro atoms. The van der Waals surface area contributed by atoms with Crippen LogP contribution < -0.4 is 0 Å². The minimum atomic E-state index is -0.527. The van der Waals surface area contributed by atoms with Crippen LogP contribution in [0.3, 0.4) is 0 Å². The summed E-state index contributed by atoms with van der Waals surface area (Å²) >= 11 is 0. The highest BCUT2D eigenvalue weighted by molar-refractivity contribution is 5.77. The maximum absolute atomic E-state index is 12.6. The molecule has 2 aliphatic rings. The molecule has 1 aromatic rings. The summed E-state index contributed by atoms with van der Waals surface area (Å²) in [6.45, 7) is 8.57. The highest BCUT2D eigenvalue weighted by atomic mass is 16.6. The van der Waals surface area contributed by atoms with Crippen LogP contribution in [0.15, 0.2) is 24.3 Å². The first-order chi connectivity index (χ1) is 11.8. The third-order valence-electron chi connectivity index (χ3n) is 4.44. The third kappa shape index (κ3) is 3.69. The summed E-state index contributed by atoms with van der Waals surface area (Å²) in [6.07, 6.45) is 2.41. The van der Waals surface area contributed by atoms with Crippen LogP contribution in [0.4, 0.5) is 4.79 Å². The molecular weight excluding hydrogens is 316 g/mol. The van der Waals surface area contributed by atoms with Crippen LogP contribution in [0.5, 0.6) is 0 Å². The predicted octanol–water partition coefficient (Wildman–Crippen LogP) is 3.66. The molecule has 132 valence electrons. The molecule has 0 aliphatic carbocycles. The number of nitrogens with zero attached hydrogens (tertiary/aromatic N) is 2. The van der Waals surface area contributed by atoms with Crippen LogP contribution in [0.2, 0.25) is 0 Å². The van der Waals surface area contributed by atoms with Crippen LogP contribution in [0, 0.1) is 18.3 Å². The lowest BCUT2D eigenvalue weighted by Gasteiger charge is -2.44. The van der Waals surface area contributed by atoms with Gasteiger partial charge in [-0.15, -0.1) is 0 Å². The molecule has 2 atom stereocenters. The van der Waals surface area contributed by atoms with E-state index in [1.807, 2.05) is 45.9 Å². The van der Waals surface area contributed by atoms with Gasteiger partial charge in [0.2, 0.25) is 0 Å². The zero-order valence-electron chi connectivity index (χ0n) is 15.2. The van der Waals surface area contributed by atoms with Gasteiger partial charge in [-0.05, 0) is 51.3 Å². The summed E-state index contributed by atoms with van der Waals surface area (Å²) in [5.41, 5.74) is 3.33. The summed E-state index contributed by atoms with van der Waals surface area (Å²) in [6, 6.07) is 7.89. The summed E-state index contributed by atoms with van der Waals surface area (Å²) in [5, 5.41) is 9.42. The summed E-state index contributed by atoms with van der Waals surface area (Å²) < 4.78 is 11.2. The minimum Gasteiger partial charge on any atom is -0.444 e. The van der Waals surface area contributed by atoms with E-state index in [1.54, 1.807) is 4.90 Å². The molecule has 0 aromatic heterocycles. The van der Waals surface area contributed by atoms with Gasteiger partial charge in [-0.1, -0.05) is 23.8 Å². The second-order valence-corrected chi connectivity index (χ2v) is 7.70. The number of hydrogen-bond acceptors (Lipinski definition) is 4. The number of nitriles is 1. The van der Waals surface area contributed by atoms with Crippen LogP contribution in [-0.2, 0) is 9.47 Å². The van der Waals surface area contributed by atoms with Crippen molar-refractivity contribution in [1.82, 2.24) is 4.90 Å². The van der Waals surface area contributed by atoms with Crippen molar-refractivity contribution in [2.75, 3.05) is 13.2 Å². The van der Waals surface area contributed by atoms with Crippen molar-refractivity contribution in [1.29, 1.82) is 5.26 Å². The number of rotatable bonds is 1. The van der Waals surface area contributed by atoms with Gasteiger partial charge in [-0.3, -0.25) is 4.90 Å². The molecule has 3 rings (SSSR count). The molecule has 2 aliphatic heterocycles. The zero-order chi connectivity index (χ0) is 18.2. The molecule has 25 heavy (non-hydrogen) atoms. The molecule has 1 fully saturated rings. The molecular formula is C20H24N2O3. The van der Waals surface area contributed by atoms with Gasteiger partial charge in [0.15, 0.2) is 0 Å². The Morgan fingerprint density at radius 2 is 2.12 bits per heavy atom. The van der Waals surface area contributed by atoms with Gasteiger partial charge < -0.3 is 9.47 Å². The molecule has 2 unspecified atom stereocenters. The smallest absolute Gasteiger partial charge is 0.411 e. The number of ether oxygens (including phenoxy) is 2. The molecule has 1 amide bonds. The highest BCUT2D eigenvalue weighted by Crippen LogP contribution is 2.35. The number of carbonyl (C=O) groups excluding carboxylic acids is 1. The number of fused-ring (bicyclic) bond motifs is 2. The van der Waals surface area contributed by atoms with Gasteiger partial charge in [0.05, 0.1) is 36.9 Å². The Hall–Kier alpha value is -2.32. The first-order valence-corrected chi connectivity index (χ1v) is 8.59. The first-order valence-electron chi connectivity index (χ1n) is 8.59. The lowest BCUT2D eigenvalue weighted by atomic mass is 9.87. The lowest BCUT2D eigenvalue weighted by Crippen LogP contribution is -2.57. The minimum absolute atomic E-state index is 0.0688. The Morgan fingerprint density at radius 3 is 2.76 bits per heavy atom. The molecule has 1 saturated heterocycles. The molecule has 5 heteroatoms. The predicted molar refractivity (Wildman–Crippen MR) is 95.0 cm³/mol. The van der Waals surface area contributed by atoms with Crippen molar-refractivity contribution in [3.8, 4) is 6.07 Å². The summed E-state index contributed by atoms with van der Waals surface area (Å²) in [7, 11) is 0. The van der Waals surface area contributed by atoms with Gasteiger partial charge in [-0.2, -0.15) is 5.26 Å². The molecule has 0 saturated carbocycles. The topological polar surface area (TPSA) is 62.6 Å². The number of benzene rings is 1. The molecule has 2 heterocycles. The lowest BCUT2D eigenvalue weighted by molar-refractivity contribution is -0.0510. The second kappa shape index (κ2) is 6.53. The van der Waals surface area contributed by atoms with Gasteiger partial charge >= 0.3 is 6.09 Å². The number of carbonyl (C=O) groups is 1. The van der Waals surface area contributed by atoms with Crippen LogP contribution in [0.25, 0.3) is 5.57 Å². The van der Waals surface area contributed by atoms with E-state index < -0.39 is 5.60 Å². The Morgan fingerprint density at radius 1 is 1.36 bits per heavy atom. The summed E-state index contributed by atoms with van der Waals surface area (Å²) in [5.74, 6) is 0. The second-order valence-electron chi connectivity index (χ2n) is 7.70. The van der Waals surface area contributed by atoms with Crippen molar-refractivity contribution < 1.29 is 14.3 Å². The molecule has 1 aromatic carbocycles. The quantitative estimate of drug-likeness (QED) is 0.783. The number of hydrogen-bond donors (Lipinski definition) is 0. The molecule has 0 N–H and O–H groups in total. The Bertz CT molecular complexity index is 755. The average molecular weight is 340 g/mol. The molecule has 5 nitrogen and oxygen atoms in total. The molecule has 0 radical (unpaired) electrons. The first kappa shape index (κ1) is 17.5. The Balaban J connectivity index is 1.93. The van der Waals surface area contributed by atoms with Gasteiger partial charge in [0.25, 0.3) is 0 Å². The van der Waals surface area contributed by atoms with E-state index in [0.717, 1.165) is 16.7 Å². The number of amides is 1. The largest absolute Gasteiger partial charge is 0.444 e. The standard InChI is InChI=1S/C20H24N2O3/c1-13-5-6-14(10-21)18(7-13)15-8-16-11-24-12-17(9-15)22(16)19(23)25-20(2,3)4/h5-8,16-17H,9,11-12H2,1-4H3. The van der Waals surface area contributed by atoms with Crippen molar-refractivity contribution in [2.24, 2.45) is 0 Å². The van der Waals surface area contributed by atoms with Crippen LogP contribution in [-0.4, -0.2) is 41.9 Å². The van der Waals surface area contributed by atoms with Crippen molar-refractivity contribution >= 4 is 11.7 Å². The van der Waals surface area contributed by atoms with Gasteiger partial charge in [0, 0.05) is 0 Å². The molecule has 2 bridgehead atoms. The maximum Gasteiger partial charge on any atom is 0.411 e. The fourth-order valence-corrected chi connectivity index (χ4v) is 3.42. The van der Waals surface area contributed by atoms with E-state index >= 15 is 0 Å². The van der Waals surface area contributed by atoms with E-state index in [-0.39, 0.29) is 18.2 Å². The third-order valence-corrected chi connectivity index (χ3v) is 4.44. The SMILES string of the molecule is Cc1ccc(C#N)c(C2=CC3COCC(C2)N3C(=O)OC(C)(C)C)c1. The average Bonchev–Trinajstić information content (AvgIpc) is 2.51. The maximum atomic E-state index is 12.6. The zero-order valence-corrected chi connectivity index (χ0v) is 15.2. The fourth-order valence-electron chi connectivity index (χ4n) is 3.42. The van der Waals surface area contributed by atoms with Crippen LogP contribution in [0.1, 0.15) is 43.9 Å². The Kier molecular flexibility index (Phi) is 4.57. The van der Waals surface area contributed by atoms with E-state index in [1.165, 1.54) is 0 Å². The van der Waals surface area contributed by atoms with Gasteiger partial charge in [0.1, 0.15) is 5.60 Å². The van der Waals surface area contributed by atoms with Gasteiger partial charge in [-0.25, -0.2) is 4.79 Å². The summed E-state index contributed by atoms with van der Waals surface area (Å²) in [4.78, 5) is 14.4. The van der Waals surface area contributed by atoms with E-state index in [2.05, 4.69) is 12.1 Å². The van der Waals surface area contributed by atoms with E-state index in [0.29, 0.717) is 25.2 Å². The van der Waals surface area contributed by atoms with Crippen LogP contribution >= 0.6 is 0 Å². The fraction of sp³-hybridized carbons (Fsp3) is 0.500. The highest BCUT2D eigenvalue weighted by Gasteiger charge is 2.40. The normalized spacial score (nSPS) is 22.8. The monoisotopic (exact) mass is 340 g/mol. The van der Waals surface area contributed by atoms with E-state index in [9.17, 15) is 10.1 Å². The van der Waals surface area contributed by atoms with E-state index in [4.69, 9.17) is 9.47 Å². The number of morpholine rings is 1. The Labute approximate surface area is 148 Å².